The standard InChI is InChI=1S/C32H54N3O/c1-22(2)9-8-10-23(3)26-11-12-27-25-19-29(34-18-14-24-20-33-21-35-24)32(36)16-7-6-15-31(32,5)28(25)13-17-30(26,27)4/h7,20-23,25-29,34,36H,6,8-19H2,1-5H3,(H,33,35)/t23-,25+,26-,27+,28+,29-,30-,31-,32+/m1/s1. The van der Waals surface area contributed by atoms with E-state index in [1.165, 1.54) is 51.4 Å². The smallest absolute Gasteiger partial charge is 0.0923 e. The molecule has 0 spiro atoms. The molecule has 0 bridgehead atoms. The lowest BCUT2D eigenvalue weighted by atomic mass is 9.42. The molecule has 1 radical (unpaired) electrons. The molecule has 0 aromatic carbocycles. The van der Waals surface area contributed by atoms with Gasteiger partial charge in [0.15, 0.2) is 0 Å². The number of hydrogen-bond donors (Lipinski definition) is 3. The van der Waals surface area contributed by atoms with Crippen molar-refractivity contribution in [2.24, 2.45) is 46.3 Å². The van der Waals surface area contributed by atoms with Crippen molar-refractivity contribution < 1.29 is 5.11 Å². The molecular weight excluding hydrogens is 442 g/mol. The van der Waals surface area contributed by atoms with E-state index < -0.39 is 5.60 Å². The highest BCUT2D eigenvalue weighted by Crippen LogP contribution is 2.69. The third-order valence-electron chi connectivity index (χ3n) is 12.2. The van der Waals surface area contributed by atoms with Crippen LogP contribution in [0, 0.1) is 52.8 Å². The van der Waals surface area contributed by atoms with E-state index in [1.807, 2.05) is 6.20 Å². The van der Waals surface area contributed by atoms with Crippen molar-refractivity contribution in [2.75, 3.05) is 6.54 Å². The average Bonchev–Trinajstić information content (AvgIpc) is 3.47. The maximum atomic E-state index is 12.4. The second-order valence-electron chi connectivity index (χ2n) is 14.3. The lowest BCUT2D eigenvalue weighted by Crippen LogP contribution is -2.70. The van der Waals surface area contributed by atoms with Crippen molar-refractivity contribution >= 4 is 0 Å². The van der Waals surface area contributed by atoms with Gasteiger partial charge in [0.25, 0.3) is 0 Å². The molecule has 4 aliphatic carbocycles. The zero-order valence-corrected chi connectivity index (χ0v) is 23.9. The summed E-state index contributed by atoms with van der Waals surface area (Å²) in [5.41, 5.74) is 1.01. The summed E-state index contributed by atoms with van der Waals surface area (Å²) in [6.07, 6.45) is 21.1. The van der Waals surface area contributed by atoms with Gasteiger partial charge in [-0.3, -0.25) is 0 Å². The van der Waals surface area contributed by atoms with Gasteiger partial charge in [-0.2, -0.15) is 0 Å². The predicted octanol–water partition coefficient (Wildman–Crippen LogP) is 6.96. The van der Waals surface area contributed by atoms with Crippen molar-refractivity contribution in [3.8, 4) is 0 Å². The first-order valence-corrected chi connectivity index (χ1v) is 15.4. The Morgan fingerprint density at radius 2 is 1.94 bits per heavy atom. The maximum absolute atomic E-state index is 12.4. The molecule has 4 aliphatic rings. The summed E-state index contributed by atoms with van der Waals surface area (Å²) in [6, 6.07) is 0.184. The topological polar surface area (TPSA) is 60.9 Å². The number of aromatic amines is 1. The molecule has 9 atom stereocenters. The van der Waals surface area contributed by atoms with Crippen LogP contribution in [0.25, 0.3) is 0 Å². The highest BCUT2D eigenvalue weighted by Gasteiger charge is 2.66. The summed E-state index contributed by atoms with van der Waals surface area (Å²) in [7, 11) is 0. The molecule has 5 rings (SSSR count). The van der Waals surface area contributed by atoms with Gasteiger partial charge in [0.05, 0.1) is 17.6 Å². The van der Waals surface area contributed by atoms with Gasteiger partial charge in [-0.15, -0.1) is 0 Å². The number of nitrogens with one attached hydrogen (secondary N) is 2. The zero-order chi connectivity index (χ0) is 25.6. The summed E-state index contributed by atoms with van der Waals surface area (Å²) < 4.78 is 0. The van der Waals surface area contributed by atoms with Crippen molar-refractivity contribution in [3.05, 3.63) is 24.6 Å². The molecule has 203 valence electrons. The Bertz CT molecular complexity index is 854. The van der Waals surface area contributed by atoms with Gasteiger partial charge >= 0.3 is 0 Å². The summed E-state index contributed by atoms with van der Waals surface area (Å²) in [4.78, 5) is 7.50. The molecule has 4 nitrogen and oxygen atoms in total. The fraction of sp³-hybridized carbons (Fsp3) is 0.875. The van der Waals surface area contributed by atoms with E-state index in [4.69, 9.17) is 0 Å². The summed E-state index contributed by atoms with van der Waals surface area (Å²) in [5, 5.41) is 16.3. The minimum atomic E-state index is -0.617. The van der Waals surface area contributed by atoms with E-state index in [9.17, 15) is 5.11 Å². The number of fused-ring (bicyclic) bond motifs is 5. The highest BCUT2D eigenvalue weighted by atomic mass is 16.3. The molecule has 4 fully saturated rings. The molecule has 0 saturated heterocycles. The van der Waals surface area contributed by atoms with Crippen molar-refractivity contribution in [1.82, 2.24) is 15.3 Å². The Morgan fingerprint density at radius 3 is 2.69 bits per heavy atom. The first-order chi connectivity index (χ1) is 17.2. The fourth-order valence-corrected chi connectivity index (χ4v) is 10.2. The van der Waals surface area contributed by atoms with Crippen LogP contribution in [0.1, 0.15) is 111 Å². The van der Waals surface area contributed by atoms with Crippen LogP contribution in [0.2, 0.25) is 0 Å². The number of hydrogen-bond acceptors (Lipinski definition) is 3. The van der Waals surface area contributed by atoms with Gasteiger partial charge in [-0.05, 0) is 98.7 Å². The van der Waals surface area contributed by atoms with E-state index in [0.717, 1.165) is 67.5 Å². The minimum Gasteiger partial charge on any atom is -0.388 e. The molecule has 4 heteroatoms. The summed E-state index contributed by atoms with van der Waals surface area (Å²) in [5.74, 6) is 4.81. The van der Waals surface area contributed by atoms with Gasteiger partial charge in [0, 0.05) is 30.6 Å². The third kappa shape index (κ3) is 4.51. The van der Waals surface area contributed by atoms with Gasteiger partial charge in [-0.25, -0.2) is 4.98 Å². The summed E-state index contributed by atoms with van der Waals surface area (Å²) in [6.45, 7) is 13.4. The first kappa shape index (κ1) is 26.7. The fourth-order valence-electron chi connectivity index (χ4n) is 10.2. The molecule has 3 N–H and O–H groups in total. The quantitative estimate of drug-likeness (QED) is 0.346. The van der Waals surface area contributed by atoms with Crippen LogP contribution in [-0.2, 0) is 6.42 Å². The number of rotatable bonds is 9. The van der Waals surface area contributed by atoms with Gasteiger partial charge < -0.3 is 15.4 Å². The van der Waals surface area contributed by atoms with Crippen LogP contribution in [0.5, 0.6) is 0 Å². The lowest BCUT2D eigenvalue weighted by molar-refractivity contribution is -0.213. The Hall–Kier alpha value is -0.870. The highest BCUT2D eigenvalue weighted by molar-refractivity contribution is 5.19. The molecule has 0 amide bonds. The van der Waals surface area contributed by atoms with E-state index in [2.05, 4.69) is 56.3 Å². The maximum Gasteiger partial charge on any atom is 0.0923 e. The Morgan fingerprint density at radius 1 is 1.11 bits per heavy atom. The Kier molecular flexibility index (Phi) is 7.69. The van der Waals surface area contributed by atoms with Gasteiger partial charge in [-0.1, -0.05) is 53.9 Å². The molecule has 1 aromatic rings. The predicted molar refractivity (Wildman–Crippen MR) is 148 cm³/mol. The largest absolute Gasteiger partial charge is 0.388 e. The number of nitrogens with zero attached hydrogens (tertiary/aromatic N) is 1. The second-order valence-corrected chi connectivity index (χ2v) is 14.3. The van der Waals surface area contributed by atoms with Crippen LogP contribution >= 0.6 is 0 Å². The number of imidazole rings is 1. The van der Waals surface area contributed by atoms with E-state index >= 15 is 0 Å². The van der Waals surface area contributed by atoms with E-state index in [0.29, 0.717) is 11.3 Å². The Balaban J connectivity index is 1.34. The van der Waals surface area contributed by atoms with Crippen LogP contribution in [0.15, 0.2) is 12.5 Å². The van der Waals surface area contributed by atoms with Crippen molar-refractivity contribution in [2.45, 2.75) is 123 Å². The van der Waals surface area contributed by atoms with Gasteiger partial charge in [0.1, 0.15) is 0 Å². The molecule has 1 heterocycles. The number of aliphatic hydroxyl groups is 1. The molecule has 0 aliphatic heterocycles. The monoisotopic (exact) mass is 496 g/mol. The molecule has 4 saturated carbocycles. The zero-order valence-electron chi connectivity index (χ0n) is 23.9. The number of H-pyrrole nitrogens is 1. The third-order valence-corrected chi connectivity index (χ3v) is 12.2. The molecule has 1 aromatic heterocycles. The molecule has 0 unspecified atom stereocenters. The SMILES string of the molecule is CC(C)CCC[C@@H](C)[C@H]1CC[C@H]2[C@@H]3C[C@@H](NCCc4c[nH]cn4)[C@@]4(O)C[CH]CC[C@]4(C)[C@H]3CC[C@]12C. The van der Waals surface area contributed by atoms with Crippen LogP contribution in [0.3, 0.4) is 0 Å². The molecular formula is C32H54N3O. The van der Waals surface area contributed by atoms with Crippen molar-refractivity contribution in [3.63, 3.8) is 0 Å². The Labute approximate surface area is 221 Å². The van der Waals surface area contributed by atoms with Crippen LogP contribution in [-0.4, -0.2) is 33.3 Å². The summed E-state index contributed by atoms with van der Waals surface area (Å²) >= 11 is 0. The van der Waals surface area contributed by atoms with Gasteiger partial charge in [0.2, 0.25) is 0 Å². The first-order valence-electron chi connectivity index (χ1n) is 15.4. The van der Waals surface area contributed by atoms with E-state index in [1.54, 1.807) is 6.33 Å². The van der Waals surface area contributed by atoms with Crippen molar-refractivity contribution in [1.29, 1.82) is 0 Å². The van der Waals surface area contributed by atoms with E-state index in [-0.39, 0.29) is 11.5 Å². The molecule has 36 heavy (non-hydrogen) atoms. The lowest BCUT2D eigenvalue weighted by Gasteiger charge is -2.66. The number of aromatic nitrogens is 2. The van der Waals surface area contributed by atoms with Crippen LogP contribution < -0.4 is 5.32 Å². The normalized spacial score (nSPS) is 43.1. The van der Waals surface area contributed by atoms with Crippen LogP contribution in [0.4, 0.5) is 0 Å². The minimum absolute atomic E-state index is 0.0248. The second kappa shape index (κ2) is 10.4. The average molecular weight is 497 g/mol.